The van der Waals surface area contributed by atoms with Crippen molar-refractivity contribution in [1.29, 1.82) is 0 Å². The topological polar surface area (TPSA) is 86.8 Å². The Kier molecular flexibility index (Phi) is 9.50. The maximum atomic E-state index is 13.9. The van der Waals surface area contributed by atoms with Crippen LogP contribution < -0.4 is 9.62 Å². The second kappa shape index (κ2) is 12.4. The molecule has 196 valence electrons. The lowest BCUT2D eigenvalue weighted by atomic mass is 10.1. The molecule has 0 saturated carbocycles. The summed E-state index contributed by atoms with van der Waals surface area (Å²) in [4.78, 5) is 28.1. The van der Waals surface area contributed by atoms with Crippen molar-refractivity contribution in [2.75, 3.05) is 17.4 Å². The highest BCUT2D eigenvalue weighted by atomic mass is 79.9. The molecule has 3 aromatic carbocycles. The van der Waals surface area contributed by atoms with Crippen molar-refractivity contribution in [3.8, 4) is 0 Å². The SMILES string of the molecule is CCNC(=O)C(C)N(Cc1cccc(Br)c1)C(=O)CN(c1cc(C)ccc1C)S(=O)(=O)c1ccccc1. The number of carbonyl (C=O) groups is 2. The fourth-order valence-corrected chi connectivity index (χ4v) is 5.90. The van der Waals surface area contributed by atoms with Crippen LogP contribution in [0.25, 0.3) is 0 Å². The first kappa shape index (κ1) is 28.4. The second-order valence-corrected chi connectivity index (χ2v) is 11.6. The van der Waals surface area contributed by atoms with E-state index < -0.39 is 28.5 Å². The lowest BCUT2D eigenvalue weighted by Gasteiger charge is -2.32. The van der Waals surface area contributed by atoms with Gasteiger partial charge in [0.1, 0.15) is 12.6 Å². The Hall–Kier alpha value is -3.17. The summed E-state index contributed by atoms with van der Waals surface area (Å²) in [6.07, 6.45) is 0. The molecule has 0 aromatic heterocycles. The summed E-state index contributed by atoms with van der Waals surface area (Å²) >= 11 is 3.45. The van der Waals surface area contributed by atoms with Crippen molar-refractivity contribution in [2.24, 2.45) is 0 Å². The molecular weight excluding hydrogens is 554 g/mol. The van der Waals surface area contributed by atoms with Gasteiger partial charge in [-0.05, 0) is 74.7 Å². The Balaban J connectivity index is 2.06. The van der Waals surface area contributed by atoms with Crippen LogP contribution >= 0.6 is 15.9 Å². The lowest BCUT2D eigenvalue weighted by molar-refractivity contribution is -0.139. The molecule has 0 aliphatic heterocycles. The highest BCUT2D eigenvalue weighted by molar-refractivity contribution is 9.10. The number of likely N-dealkylation sites (N-methyl/N-ethyl adjacent to an activating group) is 1. The quantitative estimate of drug-likeness (QED) is 0.370. The molecule has 7 nitrogen and oxygen atoms in total. The highest BCUT2D eigenvalue weighted by Crippen LogP contribution is 2.28. The van der Waals surface area contributed by atoms with Gasteiger partial charge in [0.25, 0.3) is 10.0 Å². The first-order valence-corrected chi connectivity index (χ1v) is 14.2. The Labute approximate surface area is 227 Å². The van der Waals surface area contributed by atoms with Crippen molar-refractivity contribution in [3.05, 3.63) is 94.0 Å². The van der Waals surface area contributed by atoms with E-state index in [1.165, 1.54) is 17.0 Å². The van der Waals surface area contributed by atoms with Crippen LogP contribution in [0.4, 0.5) is 5.69 Å². The number of benzene rings is 3. The molecule has 1 N–H and O–H groups in total. The molecule has 0 aliphatic carbocycles. The van der Waals surface area contributed by atoms with Crippen LogP contribution in [0.1, 0.15) is 30.5 Å². The highest BCUT2D eigenvalue weighted by Gasteiger charge is 2.33. The number of amides is 2. The number of carbonyl (C=O) groups excluding carboxylic acids is 2. The van der Waals surface area contributed by atoms with Gasteiger partial charge in [-0.1, -0.05) is 58.4 Å². The van der Waals surface area contributed by atoms with Crippen LogP contribution in [-0.2, 0) is 26.2 Å². The summed E-state index contributed by atoms with van der Waals surface area (Å²) in [6.45, 7) is 7.23. The van der Waals surface area contributed by atoms with E-state index in [9.17, 15) is 18.0 Å². The molecule has 2 amide bonds. The average molecular weight is 587 g/mol. The Morgan fingerprint density at radius 3 is 2.32 bits per heavy atom. The fourth-order valence-electron chi connectivity index (χ4n) is 3.96. The predicted molar refractivity (Wildman–Crippen MR) is 150 cm³/mol. The van der Waals surface area contributed by atoms with Crippen molar-refractivity contribution < 1.29 is 18.0 Å². The van der Waals surface area contributed by atoms with Crippen LogP contribution in [0.5, 0.6) is 0 Å². The predicted octanol–water partition coefficient (Wildman–Crippen LogP) is 4.81. The van der Waals surface area contributed by atoms with Crippen LogP contribution in [-0.4, -0.2) is 44.3 Å². The smallest absolute Gasteiger partial charge is 0.264 e. The van der Waals surface area contributed by atoms with Crippen LogP contribution in [0, 0.1) is 13.8 Å². The maximum Gasteiger partial charge on any atom is 0.264 e. The van der Waals surface area contributed by atoms with Gasteiger partial charge in [-0.2, -0.15) is 0 Å². The van der Waals surface area contributed by atoms with Crippen molar-refractivity contribution in [2.45, 2.75) is 45.2 Å². The molecule has 0 aliphatic rings. The standard InChI is InChI=1S/C28H32BrN3O4S/c1-5-30-28(34)22(4)31(18-23-10-9-11-24(29)17-23)27(33)19-32(26-16-20(2)14-15-21(26)3)37(35,36)25-12-7-6-8-13-25/h6-17,22H,5,18-19H2,1-4H3,(H,30,34). The van der Waals surface area contributed by atoms with E-state index in [2.05, 4.69) is 21.2 Å². The third-order valence-corrected chi connectivity index (χ3v) is 8.27. The van der Waals surface area contributed by atoms with Crippen LogP contribution in [0.15, 0.2) is 82.2 Å². The number of nitrogens with one attached hydrogen (secondary N) is 1. The summed E-state index contributed by atoms with van der Waals surface area (Å²) < 4.78 is 29.7. The van der Waals surface area contributed by atoms with Gasteiger partial charge in [-0.15, -0.1) is 0 Å². The third kappa shape index (κ3) is 6.99. The first-order valence-electron chi connectivity index (χ1n) is 12.0. The van der Waals surface area contributed by atoms with E-state index in [4.69, 9.17) is 0 Å². The largest absolute Gasteiger partial charge is 0.355 e. The molecule has 1 atom stereocenters. The van der Waals surface area contributed by atoms with E-state index in [-0.39, 0.29) is 17.3 Å². The minimum absolute atomic E-state index is 0.0824. The molecular formula is C28H32BrN3O4S. The Bertz CT molecular complexity index is 1360. The van der Waals surface area contributed by atoms with Gasteiger partial charge in [0.15, 0.2) is 0 Å². The van der Waals surface area contributed by atoms with Crippen molar-refractivity contribution >= 4 is 43.5 Å². The van der Waals surface area contributed by atoms with E-state index in [0.29, 0.717) is 17.8 Å². The van der Waals surface area contributed by atoms with Gasteiger partial charge in [-0.3, -0.25) is 13.9 Å². The summed E-state index contributed by atoms with van der Waals surface area (Å²) in [5.74, 6) is -0.797. The fraction of sp³-hybridized carbons (Fsp3) is 0.286. The number of nitrogens with zero attached hydrogens (tertiary/aromatic N) is 2. The van der Waals surface area contributed by atoms with Crippen LogP contribution in [0.3, 0.4) is 0 Å². The molecule has 3 rings (SSSR count). The summed E-state index contributed by atoms with van der Waals surface area (Å²) in [6, 6.07) is 20.2. The third-order valence-electron chi connectivity index (χ3n) is 6.00. The zero-order valence-electron chi connectivity index (χ0n) is 21.4. The maximum absolute atomic E-state index is 13.9. The molecule has 1 unspecified atom stereocenters. The normalized spacial score (nSPS) is 12.0. The van der Waals surface area contributed by atoms with Crippen LogP contribution in [0.2, 0.25) is 0 Å². The van der Waals surface area contributed by atoms with Gasteiger partial charge in [-0.25, -0.2) is 8.42 Å². The van der Waals surface area contributed by atoms with E-state index in [1.54, 1.807) is 38.1 Å². The second-order valence-electron chi connectivity index (χ2n) is 8.84. The van der Waals surface area contributed by atoms with Crippen molar-refractivity contribution in [3.63, 3.8) is 0 Å². The van der Waals surface area contributed by atoms with E-state index in [1.807, 2.05) is 50.2 Å². The van der Waals surface area contributed by atoms with Crippen molar-refractivity contribution in [1.82, 2.24) is 10.2 Å². The molecule has 0 heterocycles. The Morgan fingerprint density at radius 1 is 0.973 bits per heavy atom. The zero-order chi connectivity index (χ0) is 27.2. The number of anilines is 1. The molecule has 3 aromatic rings. The minimum Gasteiger partial charge on any atom is -0.355 e. The molecule has 0 saturated heterocycles. The summed E-state index contributed by atoms with van der Waals surface area (Å²) in [5.41, 5.74) is 2.81. The lowest BCUT2D eigenvalue weighted by Crippen LogP contribution is -2.51. The number of rotatable bonds is 10. The number of hydrogen-bond donors (Lipinski definition) is 1. The average Bonchev–Trinajstić information content (AvgIpc) is 2.87. The molecule has 37 heavy (non-hydrogen) atoms. The van der Waals surface area contributed by atoms with Gasteiger partial charge >= 0.3 is 0 Å². The molecule has 9 heteroatoms. The Morgan fingerprint density at radius 2 is 1.68 bits per heavy atom. The van der Waals surface area contributed by atoms with Gasteiger partial charge < -0.3 is 10.2 Å². The first-order chi connectivity index (χ1) is 17.5. The van der Waals surface area contributed by atoms with E-state index in [0.717, 1.165) is 19.9 Å². The van der Waals surface area contributed by atoms with Gasteiger partial charge in [0.2, 0.25) is 11.8 Å². The minimum atomic E-state index is -4.08. The molecule has 0 bridgehead atoms. The van der Waals surface area contributed by atoms with E-state index >= 15 is 0 Å². The molecule has 0 radical (unpaired) electrons. The molecule has 0 fully saturated rings. The summed E-state index contributed by atoms with van der Waals surface area (Å²) in [7, 11) is -4.08. The summed E-state index contributed by atoms with van der Waals surface area (Å²) in [5, 5.41) is 2.76. The van der Waals surface area contributed by atoms with Gasteiger partial charge in [0.05, 0.1) is 10.6 Å². The zero-order valence-corrected chi connectivity index (χ0v) is 23.8. The monoisotopic (exact) mass is 585 g/mol. The number of aryl methyl sites for hydroxylation is 2. The number of hydrogen-bond acceptors (Lipinski definition) is 4. The number of halogens is 1. The number of sulfonamides is 1. The molecule has 0 spiro atoms. The van der Waals surface area contributed by atoms with Gasteiger partial charge in [0, 0.05) is 17.6 Å².